The van der Waals surface area contributed by atoms with Crippen molar-refractivity contribution in [3.8, 4) is 55.6 Å². The molecule has 0 aliphatic carbocycles. The van der Waals surface area contributed by atoms with E-state index in [-0.39, 0.29) is 0 Å². The SMILES string of the molecule is c1ccc(-c2ccc(N(c3ccc(-c4ccccc4)cc3)c3ccc4c5c(cccc35)-c3ccccc3N(c3cccc(-c5ccc6ccccc6c5)c3)c3ccccc3-4)cc2)cc1. The highest BCUT2D eigenvalue weighted by atomic mass is 15.2. The molecular formula is C62H42N2. The first-order chi connectivity index (χ1) is 31.7. The molecular weight excluding hydrogens is 773 g/mol. The summed E-state index contributed by atoms with van der Waals surface area (Å²) in [4.78, 5) is 4.88. The van der Waals surface area contributed by atoms with Gasteiger partial charge >= 0.3 is 0 Å². The first-order valence-corrected chi connectivity index (χ1v) is 22.0. The van der Waals surface area contributed by atoms with Gasteiger partial charge in [0.25, 0.3) is 0 Å². The van der Waals surface area contributed by atoms with Gasteiger partial charge in [0.15, 0.2) is 0 Å². The Morgan fingerprint density at radius 2 is 0.750 bits per heavy atom. The van der Waals surface area contributed by atoms with Gasteiger partial charge in [-0.1, -0.05) is 194 Å². The van der Waals surface area contributed by atoms with Crippen molar-refractivity contribution >= 4 is 55.7 Å². The zero-order chi connectivity index (χ0) is 42.4. The van der Waals surface area contributed by atoms with Crippen LogP contribution in [-0.4, -0.2) is 0 Å². The number of benzene rings is 11. The fourth-order valence-corrected chi connectivity index (χ4v) is 9.72. The molecule has 11 aromatic carbocycles. The van der Waals surface area contributed by atoms with E-state index in [4.69, 9.17) is 0 Å². The fraction of sp³-hybridized carbons (Fsp3) is 0. The second kappa shape index (κ2) is 15.8. The summed E-state index contributed by atoms with van der Waals surface area (Å²) in [5.41, 5.74) is 18.6. The van der Waals surface area contributed by atoms with Crippen LogP contribution in [0.1, 0.15) is 0 Å². The number of hydrogen-bond acceptors (Lipinski definition) is 2. The Bertz CT molecular complexity index is 3350. The molecule has 0 unspecified atom stereocenters. The lowest BCUT2D eigenvalue weighted by Crippen LogP contribution is -2.14. The summed E-state index contributed by atoms with van der Waals surface area (Å²) in [7, 11) is 0. The van der Waals surface area contributed by atoms with Crippen LogP contribution in [0, 0.1) is 0 Å². The van der Waals surface area contributed by atoms with Gasteiger partial charge in [-0.2, -0.15) is 0 Å². The zero-order valence-electron chi connectivity index (χ0n) is 35.1. The van der Waals surface area contributed by atoms with Crippen LogP contribution in [0.5, 0.6) is 0 Å². The summed E-state index contributed by atoms with van der Waals surface area (Å²) in [5.74, 6) is 0. The molecule has 1 aliphatic heterocycles. The highest BCUT2D eigenvalue weighted by molar-refractivity contribution is 6.17. The van der Waals surface area contributed by atoms with Gasteiger partial charge in [-0.15, -0.1) is 0 Å². The highest BCUT2D eigenvalue weighted by Crippen LogP contribution is 2.53. The van der Waals surface area contributed by atoms with E-state index in [9.17, 15) is 0 Å². The van der Waals surface area contributed by atoms with Crippen molar-refractivity contribution in [2.45, 2.75) is 0 Å². The third kappa shape index (κ3) is 6.52. The maximum absolute atomic E-state index is 2.46. The minimum Gasteiger partial charge on any atom is -0.310 e. The van der Waals surface area contributed by atoms with Crippen LogP contribution >= 0.6 is 0 Å². The van der Waals surface area contributed by atoms with Gasteiger partial charge in [0.1, 0.15) is 0 Å². The van der Waals surface area contributed by atoms with Gasteiger partial charge in [-0.3, -0.25) is 0 Å². The molecule has 12 rings (SSSR count). The summed E-state index contributed by atoms with van der Waals surface area (Å²) in [6, 6.07) is 92.9. The Morgan fingerprint density at radius 3 is 1.39 bits per heavy atom. The van der Waals surface area contributed by atoms with Crippen LogP contribution in [0.4, 0.5) is 34.1 Å². The van der Waals surface area contributed by atoms with Crippen molar-refractivity contribution < 1.29 is 0 Å². The molecule has 11 aromatic rings. The van der Waals surface area contributed by atoms with Crippen LogP contribution < -0.4 is 9.80 Å². The van der Waals surface area contributed by atoms with Crippen molar-refractivity contribution in [2.24, 2.45) is 0 Å². The molecule has 0 radical (unpaired) electrons. The molecule has 300 valence electrons. The topological polar surface area (TPSA) is 6.48 Å². The van der Waals surface area contributed by atoms with Gasteiger partial charge in [-0.25, -0.2) is 0 Å². The van der Waals surface area contributed by atoms with E-state index in [0.717, 1.165) is 34.1 Å². The number of rotatable bonds is 7. The number of anilines is 6. The summed E-state index contributed by atoms with van der Waals surface area (Å²) in [5, 5.41) is 4.90. The highest BCUT2D eigenvalue weighted by Gasteiger charge is 2.27. The van der Waals surface area contributed by atoms with E-state index < -0.39 is 0 Å². The first-order valence-electron chi connectivity index (χ1n) is 22.0. The minimum absolute atomic E-state index is 1.09. The predicted molar refractivity (Wildman–Crippen MR) is 272 cm³/mol. The number of fused-ring (bicyclic) bond motifs is 5. The van der Waals surface area contributed by atoms with E-state index >= 15 is 0 Å². The van der Waals surface area contributed by atoms with Crippen LogP contribution in [0.3, 0.4) is 0 Å². The molecule has 0 bridgehead atoms. The number of para-hydroxylation sites is 2. The monoisotopic (exact) mass is 814 g/mol. The second-order valence-electron chi connectivity index (χ2n) is 16.5. The minimum atomic E-state index is 1.09. The lowest BCUT2D eigenvalue weighted by Gasteiger charge is -2.33. The van der Waals surface area contributed by atoms with Crippen molar-refractivity contribution in [2.75, 3.05) is 9.80 Å². The molecule has 2 nitrogen and oxygen atoms in total. The fourth-order valence-electron chi connectivity index (χ4n) is 9.72. The zero-order valence-corrected chi connectivity index (χ0v) is 35.1. The maximum atomic E-state index is 2.46. The molecule has 0 N–H and O–H groups in total. The first kappa shape index (κ1) is 37.3. The second-order valence-corrected chi connectivity index (χ2v) is 16.5. The number of nitrogens with zero attached hydrogens (tertiary/aromatic N) is 2. The van der Waals surface area contributed by atoms with E-state index in [0.29, 0.717) is 0 Å². The molecule has 0 amide bonds. The molecule has 0 aromatic heterocycles. The van der Waals surface area contributed by atoms with Crippen LogP contribution in [-0.2, 0) is 0 Å². The summed E-state index contributed by atoms with van der Waals surface area (Å²) >= 11 is 0. The molecule has 1 aliphatic rings. The predicted octanol–water partition coefficient (Wildman–Crippen LogP) is 17.6. The number of hydrogen-bond donors (Lipinski definition) is 0. The molecule has 2 heteroatoms. The Morgan fingerprint density at radius 1 is 0.281 bits per heavy atom. The lowest BCUT2D eigenvalue weighted by molar-refractivity contribution is 1.28. The average molecular weight is 815 g/mol. The molecule has 0 saturated heterocycles. The Kier molecular flexibility index (Phi) is 9.20. The standard InChI is InChI=1S/C62H42N2/c1-3-15-43(16-4-1)46-31-35-51(36-32-46)63(52-37-33-47(34-38-52)44-17-5-2-6-18-44)61-40-39-57-55-24-10-12-28-60(55)64(59-27-11-9-23-54(59)56-25-14-26-58(61)62(56)57)53-22-13-21-49(42-53)50-30-29-45-19-7-8-20-48(45)41-50/h1-42H. The Hall–Kier alpha value is -8.46. The summed E-state index contributed by atoms with van der Waals surface area (Å²) in [6.07, 6.45) is 0. The van der Waals surface area contributed by atoms with E-state index in [1.54, 1.807) is 0 Å². The van der Waals surface area contributed by atoms with Crippen LogP contribution in [0.2, 0.25) is 0 Å². The van der Waals surface area contributed by atoms with Crippen LogP contribution in [0.25, 0.3) is 77.2 Å². The third-order valence-corrected chi connectivity index (χ3v) is 12.8. The molecule has 0 atom stereocenters. The van der Waals surface area contributed by atoms with Gasteiger partial charge in [-0.05, 0) is 121 Å². The normalized spacial score (nSPS) is 11.7. The third-order valence-electron chi connectivity index (χ3n) is 12.8. The van der Waals surface area contributed by atoms with E-state index in [1.807, 2.05) is 0 Å². The summed E-state index contributed by atoms with van der Waals surface area (Å²) < 4.78 is 0. The molecule has 1 heterocycles. The Labute approximate surface area is 374 Å². The lowest BCUT2D eigenvalue weighted by atomic mass is 9.86. The van der Waals surface area contributed by atoms with Crippen molar-refractivity contribution in [3.05, 3.63) is 255 Å². The van der Waals surface area contributed by atoms with Gasteiger partial charge < -0.3 is 9.80 Å². The van der Waals surface area contributed by atoms with Crippen LogP contribution in [0.15, 0.2) is 255 Å². The molecule has 0 spiro atoms. The average Bonchev–Trinajstić information content (AvgIpc) is 3.37. The summed E-state index contributed by atoms with van der Waals surface area (Å²) in [6.45, 7) is 0. The van der Waals surface area contributed by atoms with E-state index in [2.05, 4.69) is 265 Å². The Balaban J connectivity index is 1.05. The van der Waals surface area contributed by atoms with Crippen molar-refractivity contribution in [1.29, 1.82) is 0 Å². The molecule has 64 heavy (non-hydrogen) atoms. The van der Waals surface area contributed by atoms with Gasteiger partial charge in [0.2, 0.25) is 0 Å². The maximum Gasteiger partial charge on any atom is 0.0540 e. The quantitative estimate of drug-likeness (QED) is 0.158. The molecule has 0 fully saturated rings. The van der Waals surface area contributed by atoms with E-state index in [1.165, 1.54) is 77.2 Å². The van der Waals surface area contributed by atoms with Crippen molar-refractivity contribution in [1.82, 2.24) is 0 Å². The van der Waals surface area contributed by atoms with Crippen molar-refractivity contribution in [3.63, 3.8) is 0 Å². The van der Waals surface area contributed by atoms with Gasteiger partial charge in [0.05, 0.1) is 17.1 Å². The smallest absolute Gasteiger partial charge is 0.0540 e. The van der Waals surface area contributed by atoms with Gasteiger partial charge in [0, 0.05) is 33.6 Å². The molecule has 0 saturated carbocycles. The largest absolute Gasteiger partial charge is 0.310 e.